The number of ether oxygens (including phenoxy) is 1. The van der Waals surface area contributed by atoms with Crippen molar-refractivity contribution in [2.75, 3.05) is 18.0 Å². The van der Waals surface area contributed by atoms with Crippen LogP contribution < -0.4 is 15.0 Å². The van der Waals surface area contributed by atoms with Crippen molar-refractivity contribution >= 4 is 23.2 Å². The Labute approximate surface area is 172 Å². The van der Waals surface area contributed by atoms with E-state index in [1.807, 2.05) is 19.9 Å². The molecule has 2 aromatic rings. The second-order valence-electron chi connectivity index (χ2n) is 7.36. The molecule has 4 nitrogen and oxygen atoms in total. The Kier molecular flexibility index (Phi) is 7.21. The van der Waals surface area contributed by atoms with Gasteiger partial charge in [-0.05, 0) is 74.1 Å². The predicted molar refractivity (Wildman–Crippen MR) is 115 cm³/mol. The predicted octanol–water partition coefficient (Wildman–Crippen LogP) is 5.11. The third-order valence-electron chi connectivity index (χ3n) is 5.20. The first-order valence-corrected chi connectivity index (χ1v) is 10.5. The first-order valence-electron chi connectivity index (χ1n) is 10.1. The van der Waals surface area contributed by atoms with Crippen LogP contribution in [-0.4, -0.2) is 25.1 Å². The Hall–Kier alpha value is -2.20. The summed E-state index contributed by atoms with van der Waals surface area (Å²) < 4.78 is 5.87. The van der Waals surface area contributed by atoms with Gasteiger partial charge in [-0.2, -0.15) is 0 Å². The molecule has 1 N–H and O–H groups in total. The average molecular weight is 401 g/mol. The lowest BCUT2D eigenvalue weighted by molar-refractivity contribution is -0.128. The second-order valence-corrected chi connectivity index (χ2v) is 7.76. The highest BCUT2D eigenvalue weighted by Gasteiger charge is 2.18. The normalized spacial score (nSPS) is 15.2. The van der Waals surface area contributed by atoms with Crippen LogP contribution in [0.5, 0.6) is 5.75 Å². The second kappa shape index (κ2) is 9.83. The Balaban J connectivity index is 1.53. The molecule has 0 radical (unpaired) electrons. The fourth-order valence-electron chi connectivity index (χ4n) is 3.46. The first kappa shape index (κ1) is 20.5. The molecule has 1 unspecified atom stereocenters. The number of carbonyl (C=O) groups excluding carboxylic acids is 1. The number of rotatable bonds is 7. The van der Waals surface area contributed by atoms with E-state index in [0.717, 1.165) is 24.2 Å². The van der Waals surface area contributed by atoms with Crippen molar-refractivity contribution in [2.24, 2.45) is 0 Å². The maximum Gasteiger partial charge on any atom is 0.261 e. The zero-order chi connectivity index (χ0) is 19.9. The van der Waals surface area contributed by atoms with Crippen molar-refractivity contribution in [1.82, 2.24) is 5.32 Å². The number of anilines is 1. The SMILES string of the molecule is CCC(Oc1ccc(Cl)c(C)c1)C(=O)NCc1ccc(N2CCCCC2)cc1. The highest BCUT2D eigenvalue weighted by atomic mass is 35.5. The van der Waals surface area contributed by atoms with Gasteiger partial charge in [0.25, 0.3) is 5.91 Å². The van der Waals surface area contributed by atoms with Crippen molar-refractivity contribution < 1.29 is 9.53 Å². The van der Waals surface area contributed by atoms with Crippen molar-refractivity contribution in [2.45, 2.75) is 52.2 Å². The summed E-state index contributed by atoms with van der Waals surface area (Å²) in [5.41, 5.74) is 3.29. The van der Waals surface area contributed by atoms with Gasteiger partial charge in [0, 0.05) is 30.3 Å². The summed E-state index contributed by atoms with van der Waals surface area (Å²) in [7, 11) is 0. The van der Waals surface area contributed by atoms with Crippen molar-refractivity contribution in [3.63, 3.8) is 0 Å². The van der Waals surface area contributed by atoms with Gasteiger partial charge >= 0.3 is 0 Å². The van der Waals surface area contributed by atoms with Crippen LogP contribution in [0, 0.1) is 6.92 Å². The van der Waals surface area contributed by atoms with Crippen LogP contribution in [0.2, 0.25) is 5.02 Å². The molecule has 0 aromatic heterocycles. The standard InChI is InChI=1S/C23H29ClN2O2/c1-3-22(28-20-11-12-21(24)17(2)15-20)23(27)25-16-18-7-9-19(10-8-18)26-13-5-4-6-14-26/h7-12,15,22H,3-6,13-14,16H2,1-2H3,(H,25,27). The van der Waals surface area contributed by atoms with Crippen LogP contribution >= 0.6 is 11.6 Å². The fourth-order valence-corrected chi connectivity index (χ4v) is 3.57. The third-order valence-corrected chi connectivity index (χ3v) is 5.62. The number of hydrogen-bond acceptors (Lipinski definition) is 3. The monoisotopic (exact) mass is 400 g/mol. The number of carbonyl (C=O) groups is 1. The number of aryl methyl sites for hydroxylation is 1. The van der Waals surface area contributed by atoms with Gasteiger partial charge in [0.15, 0.2) is 6.10 Å². The van der Waals surface area contributed by atoms with Gasteiger partial charge in [0.05, 0.1) is 0 Å². The first-order chi connectivity index (χ1) is 13.6. The van der Waals surface area contributed by atoms with Crippen molar-refractivity contribution in [1.29, 1.82) is 0 Å². The van der Waals surface area contributed by atoms with Gasteiger partial charge in [-0.25, -0.2) is 0 Å². The molecular formula is C23H29ClN2O2. The Morgan fingerprint density at radius 2 is 1.86 bits per heavy atom. The summed E-state index contributed by atoms with van der Waals surface area (Å²) >= 11 is 6.05. The van der Waals surface area contributed by atoms with Crippen LogP contribution in [0.25, 0.3) is 0 Å². The van der Waals surface area contributed by atoms with E-state index in [1.165, 1.54) is 24.9 Å². The van der Waals surface area contributed by atoms with E-state index < -0.39 is 6.10 Å². The molecule has 0 bridgehead atoms. The lowest BCUT2D eigenvalue weighted by Gasteiger charge is -2.28. The molecule has 1 aliphatic rings. The van der Waals surface area contributed by atoms with Gasteiger partial charge < -0.3 is 15.0 Å². The zero-order valence-electron chi connectivity index (χ0n) is 16.7. The van der Waals surface area contributed by atoms with E-state index in [0.29, 0.717) is 23.7 Å². The summed E-state index contributed by atoms with van der Waals surface area (Å²) in [4.78, 5) is 15.0. The van der Waals surface area contributed by atoms with Crippen molar-refractivity contribution in [3.05, 3.63) is 58.6 Å². The smallest absolute Gasteiger partial charge is 0.261 e. The lowest BCUT2D eigenvalue weighted by atomic mass is 10.1. The maximum absolute atomic E-state index is 12.5. The largest absolute Gasteiger partial charge is 0.481 e. The number of hydrogen-bond donors (Lipinski definition) is 1. The summed E-state index contributed by atoms with van der Waals surface area (Å²) in [5.74, 6) is 0.560. The molecule has 0 spiro atoms. The summed E-state index contributed by atoms with van der Waals surface area (Å²) in [5, 5.41) is 3.68. The minimum atomic E-state index is -0.520. The van der Waals surface area contributed by atoms with Crippen LogP contribution in [-0.2, 0) is 11.3 Å². The summed E-state index contributed by atoms with van der Waals surface area (Å²) in [6, 6.07) is 13.9. The Morgan fingerprint density at radius 1 is 1.14 bits per heavy atom. The van der Waals surface area contributed by atoms with Gasteiger partial charge in [0.1, 0.15) is 5.75 Å². The average Bonchev–Trinajstić information content (AvgIpc) is 2.73. The molecule has 0 aliphatic carbocycles. The van der Waals surface area contributed by atoms with Crippen LogP contribution in [0.3, 0.4) is 0 Å². The summed E-state index contributed by atoms with van der Waals surface area (Å²) in [6.45, 7) is 6.63. The molecule has 3 rings (SSSR count). The molecule has 5 heteroatoms. The molecule has 1 aliphatic heterocycles. The van der Waals surface area contributed by atoms with Crippen LogP contribution in [0.4, 0.5) is 5.69 Å². The number of nitrogens with one attached hydrogen (secondary N) is 1. The molecule has 0 saturated carbocycles. The Bertz CT molecular complexity index is 786. The number of nitrogens with zero attached hydrogens (tertiary/aromatic N) is 1. The van der Waals surface area contributed by atoms with Gasteiger partial charge in [0.2, 0.25) is 0 Å². The van der Waals surface area contributed by atoms with Crippen molar-refractivity contribution in [3.8, 4) is 5.75 Å². The zero-order valence-corrected chi connectivity index (χ0v) is 17.5. The minimum absolute atomic E-state index is 0.102. The van der Waals surface area contributed by atoms with Crippen LogP contribution in [0.15, 0.2) is 42.5 Å². The molecular weight excluding hydrogens is 372 g/mol. The summed E-state index contributed by atoms with van der Waals surface area (Å²) in [6.07, 6.45) is 3.94. The molecule has 1 amide bonds. The molecule has 1 saturated heterocycles. The number of benzene rings is 2. The number of halogens is 1. The van der Waals surface area contributed by atoms with Gasteiger partial charge in [-0.15, -0.1) is 0 Å². The minimum Gasteiger partial charge on any atom is -0.481 e. The van der Waals surface area contributed by atoms with E-state index in [2.05, 4.69) is 34.5 Å². The molecule has 2 aromatic carbocycles. The molecule has 150 valence electrons. The number of amides is 1. The van der Waals surface area contributed by atoms with E-state index in [4.69, 9.17) is 16.3 Å². The maximum atomic E-state index is 12.5. The fraction of sp³-hybridized carbons (Fsp3) is 0.435. The van der Waals surface area contributed by atoms with Gasteiger partial charge in [-0.1, -0.05) is 30.7 Å². The molecule has 1 fully saturated rings. The molecule has 1 atom stereocenters. The Morgan fingerprint density at radius 3 is 2.50 bits per heavy atom. The van der Waals surface area contributed by atoms with E-state index >= 15 is 0 Å². The highest BCUT2D eigenvalue weighted by Crippen LogP contribution is 2.23. The van der Waals surface area contributed by atoms with E-state index in [9.17, 15) is 4.79 Å². The van der Waals surface area contributed by atoms with E-state index in [1.54, 1.807) is 12.1 Å². The quantitative estimate of drug-likeness (QED) is 0.701. The highest BCUT2D eigenvalue weighted by molar-refractivity contribution is 6.31. The lowest BCUT2D eigenvalue weighted by Crippen LogP contribution is -2.37. The van der Waals surface area contributed by atoms with E-state index in [-0.39, 0.29) is 5.91 Å². The molecule has 1 heterocycles. The van der Waals surface area contributed by atoms with Gasteiger partial charge in [-0.3, -0.25) is 4.79 Å². The number of piperidine rings is 1. The third kappa shape index (κ3) is 5.41. The topological polar surface area (TPSA) is 41.6 Å². The van der Waals surface area contributed by atoms with Crippen LogP contribution in [0.1, 0.15) is 43.7 Å². The molecule has 28 heavy (non-hydrogen) atoms.